The van der Waals surface area contributed by atoms with Crippen molar-refractivity contribution in [2.75, 3.05) is 0 Å². The first kappa shape index (κ1) is 13.5. The Morgan fingerprint density at radius 1 is 1.11 bits per heavy atom. The quantitative estimate of drug-likeness (QED) is 0.837. The molecule has 0 fully saturated rings. The molecule has 6 heteroatoms. The molecule has 0 spiro atoms. The Labute approximate surface area is 107 Å². The summed E-state index contributed by atoms with van der Waals surface area (Å²) in [6.45, 7) is 5.32. The maximum absolute atomic E-state index is 13.7. The summed E-state index contributed by atoms with van der Waals surface area (Å²) < 4.78 is 40.6. The van der Waals surface area contributed by atoms with E-state index in [0.717, 1.165) is 4.68 Å². The van der Waals surface area contributed by atoms with Gasteiger partial charge in [0.05, 0.1) is 0 Å². The molecule has 0 radical (unpaired) electrons. The van der Waals surface area contributed by atoms with Crippen molar-refractivity contribution >= 4 is 0 Å². The molecular formula is C13H13F3N2O. The molecule has 0 saturated carbocycles. The number of halogens is 3. The van der Waals surface area contributed by atoms with Gasteiger partial charge in [0.1, 0.15) is 5.69 Å². The first-order valence-electron chi connectivity index (χ1n) is 5.79. The van der Waals surface area contributed by atoms with Gasteiger partial charge in [-0.05, 0) is 12.8 Å². The van der Waals surface area contributed by atoms with Gasteiger partial charge >= 0.3 is 0 Å². The largest absolute Gasteiger partial charge is 0.295 e. The lowest BCUT2D eigenvalue weighted by Gasteiger charge is -2.04. The Bertz CT molecular complexity index is 686. The van der Waals surface area contributed by atoms with Gasteiger partial charge in [-0.15, -0.1) is 0 Å². The molecule has 2 aromatic rings. The molecule has 1 heterocycles. The molecule has 0 saturated heterocycles. The molecule has 0 bridgehead atoms. The minimum absolute atomic E-state index is 0.0571. The van der Waals surface area contributed by atoms with Gasteiger partial charge in [-0.2, -0.15) is 0 Å². The standard InChI is InChI=1S/C13H13F3N2O/c1-6(2)12-7(3)17-18(13(12)19)11-5-9(15)8(14)4-10(11)16/h4-6,17H,1-3H3. The van der Waals surface area contributed by atoms with Gasteiger partial charge in [0, 0.05) is 23.4 Å². The van der Waals surface area contributed by atoms with Crippen LogP contribution in [0.1, 0.15) is 31.0 Å². The third kappa shape index (κ3) is 2.18. The van der Waals surface area contributed by atoms with E-state index in [-0.39, 0.29) is 11.6 Å². The lowest BCUT2D eigenvalue weighted by molar-refractivity contribution is 0.491. The van der Waals surface area contributed by atoms with Crippen LogP contribution in [0.25, 0.3) is 5.69 Å². The Morgan fingerprint density at radius 3 is 2.21 bits per heavy atom. The van der Waals surface area contributed by atoms with E-state index in [1.165, 1.54) is 0 Å². The highest BCUT2D eigenvalue weighted by Crippen LogP contribution is 2.19. The maximum Gasteiger partial charge on any atom is 0.275 e. The molecule has 0 atom stereocenters. The van der Waals surface area contributed by atoms with Gasteiger partial charge < -0.3 is 0 Å². The van der Waals surface area contributed by atoms with E-state index >= 15 is 0 Å². The van der Waals surface area contributed by atoms with Crippen LogP contribution in [-0.2, 0) is 0 Å². The van der Waals surface area contributed by atoms with Crippen molar-refractivity contribution in [2.24, 2.45) is 0 Å². The molecule has 19 heavy (non-hydrogen) atoms. The number of benzene rings is 1. The minimum Gasteiger partial charge on any atom is -0.295 e. The fourth-order valence-electron chi connectivity index (χ4n) is 2.09. The monoisotopic (exact) mass is 270 g/mol. The molecule has 3 nitrogen and oxygen atoms in total. The number of hydrogen-bond donors (Lipinski definition) is 1. The summed E-state index contributed by atoms with van der Waals surface area (Å²) in [5.41, 5.74) is 0.268. The molecule has 1 N–H and O–H groups in total. The van der Waals surface area contributed by atoms with E-state index in [0.29, 0.717) is 23.4 Å². The van der Waals surface area contributed by atoms with Crippen LogP contribution in [0.4, 0.5) is 13.2 Å². The highest BCUT2D eigenvalue weighted by Gasteiger charge is 2.19. The summed E-state index contributed by atoms with van der Waals surface area (Å²) >= 11 is 0. The predicted molar refractivity (Wildman–Crippen MR) is 65.1 cm³/mol. The first-order valence-corrected chi connectivity index (χ1v) is 5.79. The number of nitrogens with zero attached hydrogens (tertiary/aromatic N) is 1. The van der Waals surface area contributed by atoms with Crippen LogP contribution in [-0.4, -0.2) is 9.78 Å². The smallest absolute Gasteiger partial charge is 0.275 e. The SMILES string of the molecule is Cc1[nH]n(-c2cc(F)c(F)cc2F)c(=O)c1C(C)C. The third-order valence-electron chi connectivity index (χ3n) is 2.93. The Kier molecular flexibility index (Phi) is 3.26. The van der Waals surface area contributed by atoms with Gasteiger partial charge in [-0.25, -0.2) is 17.9 Å². The highest BCUT2D eigenvalue weighted by atomic mass is 19.2. The van der Waals surface area contributed by atoms with Crippen LogP contribution in [0.15, 0.2) is 16.9 Å². The predicted octanol–water partition coefficient (Wildman–Crippen LogP) is 3.01. The highest BCUT2D eigenvalue weighted by molar-refractivity contribution is 5.36. The zero-order valence-electron chi connectivity index (χ0n) is 10.7. The fourth-order valence-corrected chi connectivity index (χ4v) is 2.09. The van der Waals surface area contributed by atoms with Crippen LogP contribution in [0.5, 0.6) is 0 Å². The molecule has 1 aromatic heterocycles. The molecule has 1 aromatic carbocycles. The Morgan fingerprint density at radius 2 is 1.68 bits per heavy atom. The van der Waals surface area contributed by atoms with Crippen LogP contribution < -0.4 is 5.56 Å². The third-order valence-corrected chi connectivity index (χ3v) is 2.93. The second-order valence-electron chi connectivity index (χ2n) is 4.66. The molecule has 2 rings (SSSR count). The topological polar surface area (TPSA) is 37.8 Å². The first-order chi connectivity index (χ1) is 8.82. The summed E-state index contributed by atoms with van der Waals surface area (Å²) in [4.78, 5) is 12.1. The summed E-state index contributed by atoms with van der Waals surface area (Å²) in [5, 5.41) is 2.67. The molecule has 0 aliphatic carbocycles. The second kappa shape index (κ2) is 4.60. The van der Waals surface area contributed by atoms with E-state index in [2.05, 4.69) is 5.10 Å². The zero-order chi connectivity index (χ0) is 14.3. The van der Waals surface area contributed by atoms with Crippen LogP contribution in [0, 0.1) is 24.4 Å². The number of aromatic nitrogens is 2. The number of rotatable bonds is 2. The Hall–Kier alpha value is -1.98. The van der Waals surface area contributed by atoms with Crippen molar-refractivity contribution in [3.05, 3.63) is 51.2 Å². The molecule has 0 amide bonds. The second-order valence-corrected chi connectivity index (χ2v) is 4.66. The number of nitrogens with one attached hydrogen (secondary N) is 1. The van der Waals surface area contributed by atoms with Crippen LogP contribution in [0.2, 0.25) is 0 Å². The molecular weight excluding hydrogens is 257 g/mol. The average Bonchev–Trinajstić information content (AvgIpc) is 2.59. The number of hydrogen-bond acceptors (Lipinski definition) is 1. The molecule has 0 unspecified atom stereocenters. The van der Waals surface area contributed by atoms with Gasteiger partial charge in [0.25, 0.3) is 5.56 Å². The molecule has 102 valence electrons. The summed E-state index contributed by atoms with van der Waals surface area (Å²) in [6.07, 6.45) is 0. The van der Waals surface area contributed by atoms with E-state index in [1.54, 1.807) is 6.92 Å². The summed E-state index contributed by atoms with van der Waals surface area (Å²) in [7, 11) is 0. The van der Waals surface area contributed by atoms with Crippen LogP contribution in [0.3, 0.4) is 0 Å². The van der Waals surface area contributed by atoms with Crippen LogP contribution >= 0.6 is 0 Å². The van der Waals surface area contributed by atoms with Crippen molar-refractivity contribution in [3.63, 3.8) is 0 Å². The lowest BCUT2D eigenvalue weighted by Crippen LogP contribution is -2.19. The van der Waals surface area contributed by atoms with Gasteiger partial charge in [0.2, 0.25) is 0 Å². The van der Waals surface area contributed by atoms with Crippen molar-refractivity contribution in [1.82, 2.24) is 9.78 Å². The van der Waals surface area contributed by atoms with Crippen molar-refractivity contribution in [3.8, 4) is 5.69 Å². The van der Waals surface area contributed by atoms with Gasteiger partial charge in [-0.1, -0.05) is 13.8 Å². The van der Waals surface area contributed by atoms with Crippen molar-refractivity contribution in [2.45, 2.75) is 26.7 Å². The fraction of sp³-hybridized carbons (Fsp3) is 0.308. The number of aryl methyl sites for hydroxylation is 1. The average molecular weight is 270 g/mol. The van der Waals surface area contributed by atoms with Gasteiger partial charge in [-0.3, -0.25) is 9.89 Å². The molecule has 0 aliphatic rings. The summed E-state index contributed by atoms with van der Waals surface area (Å²) in [5.74, 6) is -3.56. The van der Waals surface area contributed by atoms with E-state index in [4.69, 9.17) is 0 Å². The minimum atomic E-state index is -1.29. The van der Waals surface area contributed by atoms with Crippen molar-refractivity contribution < 1.29 is 13.2 Å². The van der Waals surface area contributed by atoms with Gasteiger partial charge in [0.15, 0.2) is 17.5 Å². The molecule has 0 aliphatic heterocycles. The normalized spacial score (nSPS) is 11.3. The summed E-state index contributed by atoms with van der Waals surface area (Å²) in [6, 6.07) is 1.08. The number of H-pyrrole nitrogens is 1. The maximum atomic E-state index is 13.7. The number of aromatic amines is 1. The lowest BCUT2D eigenvalue weighted by atomic mass is 10.1. The van der Waals surface area contributed by atoms with Crippen molar-refractivity contribution in [1.29, 1.82) is 0 Å². The van der Waals surface area contributed by atoms with E-state index in [1.807, 2.05) is 13.8 Å². The van der Waals surface area contributed by atoms with E-state index < -0.39 is 23.0 Å². The zero-order valence-corrected chi connectivity index (χ0v) is 10.7. The Balaban J connectivity index is 2.70. The van der Waals surface area contributed by atoms with E-state index in [9.17, 15) is 18.0 Å².